The molecule has 2 aliphatic rings. The average molecular weight is 332 g/mol. The van der Waals surface area contributed by atoms with Gasteiger partial charge in [0, 0.05) is 24.9 Å². The molecule has 0 radical (unpaired) electrons. The number of carbonyl (C=O) groups excluding carboxylic acids is 1. The van der Waals surface area contributed by atoms with Crippen molar-refractivity contribution in [1.29, 1.82) is 0 Å². The van der Waals surface area contributed by atoms with E-state index in [1.54, 1.807) is 0 Å². The van der Waals surface area contributed by atoms with Gasteiger partial charge in [-0.15, -0.1) is 0 Å². The van der Waals surface area contributed by atoms with Gasteiger partial charge in [-0.1, -0.05) is 19.1 Å². The first kappa shape index (κ1) is 17.4. The summed E-state index contributed by atoms with van der Waals surface area (Å²) in [4.78, 5) is 14.8. The van der Waals surface area contributed by atoms with Crippen molar-refractivity contribution < 1.29 is 9.18 Å². The van der Waals surface area contributed by atoms with Gasteiger partial charge in [0.15, 0.2) is 0 Å². The number of nitrogens with zero attached hydrogens (tertiary/aromatic N) is 1. The zero-order chi connectivity index (χ0) is 17.1. The first-order valence-electron chi connectivity index (χ1n) is 9.30. The predicted octanol–water partition coefficient (Wildman–Crippen LogP) is 3.56. The van der Waals surface area contributed by atoms with Gasteiger partial charge in [-0.2, -0.15) is 0 Å². The number of nitrogens with one attached hydrogen (secondary N) is 1. The lowest BCUT2D eigenvalue weighted by atomic mass is 9.84. The summed E-state index contributed by atoms with van der Waals surface area (Å²) in [5, 5.41) is 3.39. The number of piperidine rings is 1. The highest BCUT2D eigenvalue weighted by atomic mass is 19.1. The third kappa shape index (κ3) is 3.97. The van der Waals surface area contributed by atoms with Crippen molar-refractivity contribution in [2.24, 2.45) is 11.8 Å². The van der Waals surface area contributed by atoms with Gasteiger partial charge in [0.25, 0.3) is 0 Å². The number of hydrogen-bond acceptors (Lipinski definition) is 2. The Kier molecular flexibility index (Phi) is 5.54. The first-order valence-corrected chi connectivity index (χ1v) is 9.30. The fourth-order valence-electron chi connectivity index (χ4n) is 4.33. The number of amides is 1. The Hall–Kier alpha value is -1.42. The van der Waals surface area contributed by atoms with E-state index in [1.165, 1.54) is 25.0 Å². The minimum atomic E-state index is -0.200. The molecule has 2 heterocycles. The molecule has 0 bridgehead atoms. The standard InChI is InChI=1S/C20H29FN2O/c1-14(16-7-9-22-10-8-16)11-20(24)23-13-18(12-15(23)2)17-3-5-19(21)6-4-17/h3-6,14-16,18,22H,7-13H2,1-2H3. The van der Waals surface area contributed by atoms with Gasteiger partial charge in [0.05, 0.1) is 0 Å². The maximum Gasteiger partial charge on any atom is 0.223 e. The van der Waals surface area contributed by atoms with Crippen molar-refractivity contribution in [2.45, 2.75) is 51.5 Å². The number of likely N-dealkylation sites (tertiary alicyclic amines) is 1. The van der Waals surface area contributed by atoms with Gasteiger partial charge in [-0.05, 0) is 68.8 Å². The lowest BCUT2D eigenvalue weighted by molar-refractivity contribution is -0.133. The molecule has 1 amide bonds. The van der Waals surface area contributed by atoms with E-state index in [2.05, 4.69) is 19.2 Å². The van der Waals surface area contributed by atoms with Crippen LogP contribution in [0.15, 0.2) is 24.3 Å². The minimum absolute atomic E-state index is 0.200. The second-order valence-corrected chi connectivity index (χ2v) is 7.65. The number of benzene rings is 1. The Morgan fingerprint density at radius 3 is 2.62 bits per heavy atom. The van der Waals surface area contributed by atoms with E-state index >= 15 is 0 Å². The molecule has 132 valence electrons. The summed E-state index contributed by atoms with van der Waals surface area (Å²) in [6.07, 6.45) is 3.99. The zero-order valence-corrected chi connectivity index (χ0v) is 14.8. The molecule has 4 heteroatoms. The first-order chi connectivity index (χ1) is 11.5. The van der Waals surface area contributed by atoms with Gasteiger partial charge in [0.1, 0.15) is 5.82 Å². The molecule has 1 N–H and O–H groups in total. The molecule has 3 atom stereocenters. The van der Waals surface area contributed by atoms with Crippen LogP contribution in [0.1, 0.15) is 51.0 Å². The highest BCUT2D eigenvalue weighted by Crippen LogP contribution is 2.33. The molecule has 3 unspecified atom stereocenters. The van der Waals surface area contributed by atoms with Crippen LogP contribution in [-0.2, 0) is 4.79 Å². The third-order valence-corrected chi connectivity index (χ3v) is 5.92. The van der Waals surface area contributed by atoms with Crippen LogP contribution in [0.5, 0.6) is 0 Å². The SMILES string of the molecule is CC(CC(=O)N1CC(c2ccc(F)cc2)CC1C)C1CCNCC1. The minimum Gasteiger partial charge on any atom is -0.339 e. The normalized spacial score (nSPS) is 26.5. The number of hydrogen-bond donors (Lipinski definition) is 1. The van der Waals surface area contributed by atoms with Crippen LogP contribution in [0.3, 0.4) is 0 Å². The van der Waals surface area contributed by atoms with E-state index in [1.807, 2.05) is 17.0 Å². The molecule has 3 rings (SSSR count). The molecule has 2 aliphatic heterocycles. The second kappa shape index (κ2) is 7.64. The van der Waals surface area contributed by atoms with Crippen molar-refractivity contribution in [2.75, 3.05) is 19.6 Å². The van der Waals surface area contributed by atoms with E-state index in [0.29, 0.717) is 24.2 Å². The summed E-state index contributed by atoms with van der Waals surface area (Å²) >= 11 is 0. The fraction of sp³-hybridized carbons (Fsp3) is 0.650. The van der Waals surface area contributed by atoms with Crippen LogP contribution in [0, 0.1) is 17.7 Å². The van der Waals surface area contributed by atoms with Crippen LogP contribution < -0.4 is 5.32 Å². The molecule has 0 saturated carbocycles. The molecular weight excluding hydrogens is 303 g/mol. The van der Waals surface area contributed by atoms with Gasteiger partial charge in [-0.3, -0.25) is 4.79 Å². The molecule has 0 aromatic heterocycles. The molecule has 1 aromatic carbocycles. The van der Waals surface area contributed by atoms with Gasteiger partial charge in [0.2, 0.25) is 5.91 Å². The Morgan fingerprint density at radius 2 is 1.96 bits per heavy atom. The van der Waals surface area contributed by atoms with Gasteiger partial charge < -0.3 is 10.2 Å². The quantitative estimate of drug-likeness (QED) is 0.914. The molecule has 24 heavy (non-hydrogen) atoms. The second-order valence-electron chi connectivity index (χ2n) is 7.65. The fourth-order valence-corrected chi connectivity index (χ4v) is 4.33. The van der Waals surface area contributed by atoms with Crippen molar-refractivity contribution in [3.05, 3.63) is 35.6 Å². The average Bonchev–Trinajstić information content (AvgIpc) is 2.98. The van der Waals surface area contributed by atoms with Crippen molar-refractivity contribution >= 4 is 5.91 Å². The molecule has 2 fully saturated rings. The topological polar surface area (TPSA) is 32.3 Å². The summed E-state index contributed by atoms with van der Waals surface area (Å²) in [6, 6.07) is 7.03. The van der Waals surface area contributed by atoms with Crippen LogP contribution in [0.2, 0.25) is 0 Å². The van der Waals surface area contributed by atoms with E-state index in [0.717, 1.165) is 31.6 Å². The Labute approximate surface area is 144 Å². The van der Waals surface area contributed by atoms with E-state index < -0.39 is 0 Å². The lowest BCUT2D eigenvalue weighted by Crippen LogP contribution is -2.37. The predicted molar refractivity (Wildman–Crippen MR) is 94.3 cm³/mol. The molecular formula is C20H29FN2O. The molecule has 2 saturated heterocycles. The van der Waals surface area contributed by atoms with Gasteiger partial charge in [-0.25, -0.2) is 4.39 Å². The molecule has 1 aromatic rings. The number of rotatable bonds is 4. The number of halogens is 1. The maximum atomic E-state index is 13.1. The Bertz CT molecular complexity index is 553. The van der Waals surface area contributed by atoms with Crippen molar-refractivity contribution in [3.63, 3.8) is 0 Å². The number of carbonyl (C=O) groups is 1. The maximum absolute atomic E-state index is 13.1. The van der Waals surface area contributed by atoms with Gasteiger partial charge >= 0.3 is 0 Å². The van der Waals surface area contributed by atoms with Crippen LogP contribution >= 0.6 is 0 Å². The van der Waals surface area contributed by atoms with Crippen molar-refractivity contribution in [3.8, 4) is 0 Å². The summed E-state index contributed by atoms with van der Waals surface area (Å²) in [5.41, 5.74) is 1.14. The van der Waals surface area contributed by atoms with Crippen LogP contribution in [-0.4, -0.2) is 36.5 Å². The smallest absolute Gasteiger partial charge is 0.223 e. The monoisotopic (exact) mass is 332 g/mol. The highest BCUT2D eigenvalue weighted by molar-refractivity contribution is 5.77. The summed E-state index contributed by atoms with van der Waals surface area (Å²) in [7, 11) is 0. The van der Waals surface area contributed by atoms with Crippen molar-refractivity contribution in [1.82, 2.24) is 10.2 Å². The summed E-state index contributed by atoms with van der Waals surface area (Å²) < 4.78 is 13.1. The summed E-state index contributed by atoms with van der Waals surface area (Å²) in [6.45, 7) is 7.29. The summed E-state index contributed by atoms with van der Waals surface area (Å²) in [5.74, 6) is 1.54. The largest absolute Gasteiger partial charge is 0.339 e. The van der Waals surface area contributed by atoms with Crippen LogP contribution in [0.4, 0.5) is 4.39 Å². The van der Waals surface area contributed by atoms with E-state index in [9.17, 15) is 9.18 Å². The van der Waals surface area contributed by atoms with E-state index in [4.69, 9.17) is 0 Å². The molecule has 3 nitrogen and oxygen atoms in total. The third-order valence-electron chi connectivity index (χ3n) is 5.92. The van der Waals surface area contributed by atoms with Crippen LogP contribution in [0.25, 0.3) is 0 Å². The molecule has 0 spiro atoms. The van der Waals surface area contributed by atoms with E-state index in [-0.39, 0.29) is 17.8 Å². The zero-order valence-electron chi connectivity index (χ0n) is 14.8. The lowest BCUT2D eigenvalue weighted by Gasteiger charge is -2.30. The Morgan fingerprint density at radius 1 is 1.29 bits per heavy atom. The highest BCUT2D eigenvalue weighted by Gasteiger charge is 2.34. The molecule has 0 aliphatic carbocycles. The Balaban J connectivity index is 1.57.